The van der Waals surface area contributed by atoms with Gasteiger partial charge in [-0.25, -0.2) is 12.8 Å². The van der Waals surface area contributed by atoms with Gasteiger partial charge in [-0.3, -0.25) is 13.9 Å². The Kier molecular flexibility index (Phi) is 9.22. The van der Waals surface area contributed by atoms with Gasteiger partial charge in [0.2, 0.25) is 21.8 Å². The van der Waals surface area contributed by atoms with E-state index >= 15 is 0 Å². The molecular formula is C23H30FN3O5S. The molecule has 1 N–H and O–H groups in total. The zero-order chi connectivity index (χ0) is 24.6. The molecule has 33 heavy (non-hydrogen) atoms. The van der Waals surface area contributed by atoms with E-state index in [0.717, 1.165) is 6.26 Å². The third-order valence-corrected chi connectivity index (χ3v) is 6.39. The molecule has 0 saturated carbocycles. The zero-order valence-corrected chi connectivity index (χ0v) is 20.1. The number of sulfonamides is 1. The van der Waals surface area contributed by atoms with Gasteiger partial charge in [-0.05, 0) is 55.3 Å². The number of nitrogens with zero attached hydrogens (tertiary/aromatic N) is 2. The highest BCUT2D eigenvalue weighted by atomic mass is 32.2. The van der Waals surface area contributed by atoms with E-state index < -0.39 is 21.9 Å². The summed E-state index contributed by atoms with van der Waals surface area (Å²) in [7, 11) is -0.569. The number of amides is 2. The fourth-order valence-corrected chi connectivity index (χ4v) is 4.30. The molecule has 10 heteroatoms. The zero-order valence-electron chi connectivity index (χ0n) is 19.2. The van der Waals surface area contributed by atoms with Crippen LogP contribution in [0.15, 0.2) is 48.5 Å². The smallest absolute Gasteiger partial charge is 0.242 e. The van der Waals surface area contributed by atoms with Crippen molar-refractivity contribution >= 4 is 27.5 Å². The summed E-state index contributed by atoms with van der Waals surface area (Å²) >= 11 is 0. The van der Waals surface area contributed by atoms with Crippen molar-refractivity contribution in [3.63, 3.8) is 0 Å². The Bertz CT molecular complexity index is 1040. The first kappa shape index (κ1) is 26.1. The Labute approximate surface area is 194 Å². The van der Waals surface area contributed by atoms with Gasteiger partial charge in [0, 0.05) is 26.6 Å². The Morgan fingerprint density at radius 2 is 1.70 bits per heavy atom. The van der Waals surface area contributed by atoms with Gasteiger partial charge in [-0.1, -0.05) is 12.1 Å². The summed E-state index contributed by atoms with van der Waals surface area (Å²) in [6, 6.07) is 11.5. The van der Waals surface area contributed by atoms with E-state index in [-0.39, 0.29) is 37.7 Å². The fourth-order valence-electron chi connectivity index (χ4n) is 3.33. The lowest BCUT2D eigenvalue weighted by Gasteiger charge is -2.29. The number of halogens is 1. The molecule has 0 aliphatic carbocycles. The summed E-state index contributed by atoms with van der Waals surface area (Å²) in [5, 5.41) is 2.53. The first-order valence-corrected chi connectivity index (χ1v) is 12.3. The number of carbonyl (C=O) groups is 2. The topological polar surface area (TPSA) is 96.0 Å². The fraction of sp³-hybridized carbons (Fsp3) is 0.391. The Hall–Kier alpha value is -3.14. The lowest BCUT2D eigenvalue weighted by molar-refractivity contribution is -0.140. The van der Waals surface area contributed by atoms with Gasteiger partial charge < -0.3 is 15.0 Å². The highest BCUT2D eigenvalue weighted by Gasteiger charge is 2.26. The molecule has 2 aromatic carbocycles. The number of carbonyl (C=O) groups excluding carboxylic acids is 2. The molecule has 2 aromatic rings. The van der Waals surface area contributed by atoms with Crippen LogP contribution in [0.3, 0.4) is 0 Å². The van der Waals surface area contributed by atoms with Crippen LogP contribution in [0, 0.1) is 5.82 Å². The predicted octanol–water partition coefficient (Wildman–Crippen LogP) is 2.54. The molecule has 0 fully saturated rings. The highest BCUT2D eigenvalue weighted by molar-refractivity contribution is 7.92. The maximum atomic E-state index is 13.2. The van der Waals surface area contributed by atoms with Crippen LogP contribution in [-0.4, -0.2) is 58.1 Å². The molecule has 2 rings (SSSR count). The van der Waals surface area contributed by atoms with Crippen molar-refractivity contribution in [2.75, 3.05) is 31.3 Å². The molecular weight excluding hydrogens is 449 g/mol. The molecule has 0 spiro atoms. The molecule has 0 aliphatic rings. The molecule has 2 amide bonds. The van der Waals surface area contributed by atoms with Crippen LogP contribution in [0.4, 0.5) is 10.1 Å². The van der Waals surface area contributed by atoms with Crippen molar-refractivity contribution in [1.29, 1.82) is 0 Å². The number of ether oxygens (including phenoxy) is 1. The molecule has 0 aliphatic heterocycles. The average molecular weight is 480 g/mol. The highest BCUT2D eigenvalue weighted by Crippen LogP contribution is 2.22. The van der Waals surface area contributed by atoms with Crippen LogP contribution in [0.5, 0.6) is 5.75 Å². The van der Waals surface area contributed by atoms with Gasteiger partial charge in [0.1, 0.15) is 17.6 Å². The third-order valence-electron chi connectivity index (χ3n) is 5.19. The lowest BCUT2D eigenvalue weighted by atomic mass is 10.1. The maximum absolute atomic E-state index is 13.2. The number of nitrogens with one attached hydrogen (secondary N) is 1. The van der Waals surface area contributed by atoms with E-state index in [1.54, 1.807) is 43.3 Å². The Morgan fingerprint density at radius 3 is 2.21 bits per heavy atom. The first-order valence-electron chi connectivity index (χ1n) is 10.4. The first-order chi connectivity index (χ1) is 15.6. The summed E-state index contributed by atoms with van der Waals surface area (Å²) in [6.07, 6.45) is 1.39. The van der Waals surface area contributed by atoms with Gasteiger partial charge in [0.25, 0.3) is 0 Å². The summed E-state index contributed by atoms with van der Waals surface area (Å²) in [5.74, 6) is -0.433. The van der Waals surface area contributed by atoms with Crippen LogP contribution < -0.4 is 14.4 Å². The van der Waals surface area contributed by atoms with Crippen molar-refractivity contribution in [2.45, 2.75) is 32.4 Å². The van der Waals surface area contributed by atoms with Crippen LogP contribution in [-0.2, 0) is 26.2 Å². The summed E-state index contributed by atoms with van der Waals surface area (Å²) in [5.41, 5.74) is 1.14. The van der Waals surface area contributed by atoms with Gasteiger partial charge in [-0.15, -0.1) is 0 Å². The number of benzene rings is 2. The van der Waals surface area contributed by atoms with E-state index in [1.165, 1.54) is 35.5 Å². The summed E-state index contributed by atoms with van der Waals surface area (Å²) in [6.45, 7) is 1.83. The molecule has 1 atom stereocenters. The molecule has 0 bridgehead atoms. The molecule has 0 heterocycles. The normalized spacial score (nSPS) is 12.0. The Morgan fingerprint density at radius 1 is 1.09 bits per heavy atom. The number of likely N-dealkylation sites (N-methyl/N-ethyl adjacent to an activating group) is 1. The summed E-state index contributed by atoms with van der Waals surface area (Å²) in [4.78, 5) is 26.6. The van der Waals surface area contributed by atoms with Crippen molar-refractivity contribution in [3.8, 4) is 5.75 Å². The van der Waals surface area contributed by atoms with Crippen molar-refractivity contribution in [1.82, 2.24) is 10.2 Å². The van der Waals surface area contributed by atoms with E-state index in [4.69, 9.17) is 4.74 Å². The second-order valence-corrected chi connectivity index (χ2v) is 9.48. The van der Waals surface area contributed by atoms with Gasteiger partial charge in [0.15, 0.2) is 0 Å². The van der Waals surface area contributed by atoms with E-state index in [0.29, 0.717) is 17.0 Å². The quantitative estimate of drug-likeness (QED) is 0.534. The average Bonchev–Trinajstić information content (AvgIpc) is 2.79. The van der Waals surface area contributed by atoms with Crippen LogP contribution in [0.1, 0.15) is 25.3 Å². The largest absolute Gasteiger partial charge is 0.497 e. The molecule has 0 unspecified atom stereocenters. The maximum Gasteiger partial charge on any atom is 0.242 e. The van der Waals surface area contributed by atoms with Crippen LogP contribution in [0.25, 0.3) is 0 Å². The number of hydrogen-bond acceptors (Lipinski definition) is 5. The molecule has 0 aromatic heterocycles. The minimum absolute atomic E-state index is 0.0324. The van der Waals surface area contributed by atoms with Crippen LogP contribution >= 0.6 is 0 Å². The second-order valence-electron chi connectivity index (χ2n) is 7.58. The molecule has 180 valence electrons. The van der Waals surface area contributed by atoms with Crippen LogP contribution in [0.2, 0.25) is 0 Å². The lowest BCUT2D eigenvalue weighted by Crippen LogP contribution is -2.46. The molecule has 0 radical (unpaired) electrons. The van der Waals surface area contributed by atoms with E-state index in [1.807, 2.05) is 0 Å². The van der Waals surface area contributed by atoms with E-state index in [2.05, 4.69) is 5.32 Å². The minimum atomic E-state index is -3.57. The van der Waals surface area contributed by atoms with Crippen molar-refractivity contribution < 1.29 is 27.1 Å². The number of anilines is 1. The summed E-state index contributed by atoms with van der Waals surface area (Å²) < 4.78 is 44.2. The van der Waals surface area contributed by atoms with Crippen molar-refractivity contribution in [3.05, 3.63) is 59.9 Å². The number of methoxy groups -OCH3 is 1. The van der Waals surface area contributed by atoms with Gasteiger partial charge in [0.05, 0.1) is 19.1 Å². The van der Waals surface area contributed by atoms with Gasteiger partial charge >= 0.3 is 0 Å². The third kappa shape index (κ3) is 7.45. The SMILES string of the molecule is CNC(=O)[C@H](C)N(Cc1ccc(F)cc1)C(=O)CCCN(c1ccc(OC)cc1)S(C)(=O)=O. The van der Waals surface area contributed by atoms with E-state index in [9.17, 15) is 22.4 Å². The molecule has 8 nitrogen and oxygen atoms in total. The van der Waals surface area contributed by atoms with Crippen molar-refractivity contribution in [2.24, 2.45) is 0 Å². The monoisotopic (exact) mass is 479 g/mol. The standard InChI is InChI=1S/C23H30FN3O5S/c1-17(23(29)25-2)26(16-18-7-9-19(24)10-8-18)22(28)6-5-15-27(33(4,30)31)20-11-13-21(32-3)14-12-20/h7-14,17H,5-6,15-16H2,1-4H3,(H,25,29)/t17-/m0/s1. The number of hydrogen-bond donors (Lipinski definition) is 1. The Balaban J connectivity index is 2.12. The second kappa shape index (κ2) is 11.6. The van der Waals surface area contributed by atoms with Gasteiger partial charge in [-0.2, -0.15) is 0 Å². The predicted molar refractivity (Wildman–Crippen MR) is 125 cm³/mol. The minimum Gasteiger partial charge on any atom is -0.497 e. The molecule has 0 saturated heterocycles. The number of rotatable bonds is 11.